The molecule has 0 aliphatic rings. The van der Waals surface area contributed by atoms with Crippen LogP contribution in [0.3, 0.4) is 0 Å². The number of nitrogens with zero attached hydrogens (tertiary/aromatic N) is 2. The lowest BCUT2D eigenvalue weighted by molar-refractivity contribution is 0.0885. The molecule has 1 unspecified atom stereocenters. The van der Waals surface area contributed by atoms with Gasteiger partial charge in [0.15, 0.2) is 5.69 Å². The van der Waals surface area contributed by atoms with Gasteiger partial charge in [0.1, 0.15) is 5.82 Å². The van der Waals surface area contributed by atoms with Crippen molar-refractivity contribution >= 4 is 11.7 Å². The topological polar surface area (TPSA) is 76.1 Å². The van der Waals surface area contributed by atoms with Crippen molar-refractivity contribution in [1.82, 2.24) is 15.5 Å². The summed E-state index contributed by atoms with van der Waals surface area (Å²) < 4.78 is 5.10. The molecule has 0 saturated carbocycles. The largest absolute Gasteiger partial charge is 0.383 e. The molecular formula is C14H24N4O2. The van der Waals surface area contributed by atoms with Crippen LogP contribution in [0.25, 0.3) is 0 Å². The lowest BCUT2D eigenvalue weighted by Crippen LogP contribution is -2.38. The van der Waals surface area contributed by atoms with Crippen molar-refractivity contribution in [3.63, 3.8) is 0 Å². The van der Waals surface area contributed by atoms with E-state index in [1.807, 2.05) is 0 Å². The summed E-state index contributed by atoms with van der Waals surface area (Å²) in [7, 11) is 1.63. The zero-order valence-corrected chi connectivity index (χ0v) is 12.5. The van der Waals surface area contributed by atoms with E-state index in [2.05, 4.69) is 34.7 Å². The highest BCUT2D eigenvalue weighted by atomic mass is 16.5. The predicted octanol–water partition coefficient (Wildman–Crippen LogP) is 1.84. The Labute approximate surface area is 120 Å². The summed E-state index contributed by atoms with van der Waals surface area (Å²) in [4.78, 5) is 12.0. The van der Waals surface area contributed by atoms with Gasteiger partial charge >= 0.3 is 0 Å². The van der Waals surface area contributed by atoms with Crippen LogP contribution in [0, 0.1) is 0 Å². The number of hydrogen-bond donors (Lipinski definition) is 2. The van der Waals surface area contributed by atoms with Gasteiger partial charge in [0, 0.05) is 13.7 Å². The number of carbonyl (C=O) groups is 1. The zero-order valence-electron chi connectivity index (χ0n) is 12.5. The summed E-state index contributed by atoms with van der Waals surface area (Å²) in [5.74, 6) is 0.473. The molecule has 0 aliphatic carbocycles. The lowest BCUT2D eigenvalue weighted by Gasteiger charge is -2.16. The minimum Gasteiger partial charge on any atom is -0.383 e. The molecule has 2 N–H and O–H groups in total. The number of methoxy groups -OCH3 is 1. The van der Waals surface area contributed by atoms with Gasteiger partial charge in [-0.05, 0) is 25.0 Å². The number of anilines is 1. The number of hydrogen-bond acceptors (Lipinski definition) is 5. The molecule has 0 radical (unpaired) electrons. The van der Waals surface area contributed by atoms with Gasteiger partial charge in [-0.1, -0.05) is 20.3 Å². The Hall–Kier alpha value is -1.69. The van der Waals surface area contributed by atoms with Crippen LogP contribution in [0.1, 0.15) is 43.6 Å². The SMILES string of the molecule is CCCNc1ccc(C(=O)NC(CCC)COC)nn1. The summed E-state index contributed by atoms with van der Waals surface area (Å²) in [6.45, 7) is 5.49. The van der Waals surface area contributed by atoms with E-state index in [0.29, 0.717) is 18.1 Å². The molecule has 1 rings (SSSR count). The molecule has 1 aromatic rings. The first kappa shape index (κ1) is 16.4. The molecule has 0 aromatic carbocycles. The molecule has 0 bridgehead atoms. The fourth-order valence-corrected chi connectivity index (χ4v) is 1.81. The van der Waals surface area contributed by atoms with Crippen LogP contribution in [-0.4, -0.2) is 42.4 Å². The van der Waals surface area contributed by atoms with Crippen LogP contribution in [-0.2, 0) is 4.74 Å². The second-order valence-electron chi connectivity index (χ2n) is 4.64. The lowest BCUT2D eigenvalue weighted by atomic mass is 10.2. The van der Waals surface area contributed by atoms with Gasteiger partial charge in [0.2, 0.25) is 0 Å². The zero-order chi connectivity index (χ0) is 14.8. The Bertz CT molecular complexity index is 389. The van der Waals surface area contributed by atoms with E-state index >= 15 is 0 Å². The number of amides is 1. The molecule has 1 heterocycles. The Morgan fingerprint density at radius 2 is 2.10 bits per heavy atom. The van der Waals surface area contributed by atoms with Gasteiger partial charge in [-0.2, -0.15) is 0 Å². The Kier molecular flexibility index (Phi) is 7.57. The number of aromatic nitrogens is 2. The minimum atomic E-state index is -0.213. The number of rotatable bonds is 9. The van der Waals surface area contributed by atoms with Crippen molar-refractivity contribution < 1.29 is 9.53 Å². The molecule has 1 atom stereocenters. The van der Waals surface area contributed by atoms with E-state index in [-0.39, 0.29) is 11.9 Å². The van der Waals surface area contributed by atoms with Crippen molar-refractivity contribution in [1.29, 1.82) is 0 Å². The van der Waals surface area contributed by atoms with Gasteiger partial charge in [0.05, 0.1) is 12.6 Å². The monoisotopic (exact) mass is 280 g/mol. The van der Waals surface area contributed by atoms with Gasteiger partial charge in [-0.15, -0.1) is 10.2 Å². The quantitative estimate of drug-likeness (QED) is 0.722. The van der Waals surface area contributed by atoms with Crippen molar-refractivity contribution in [2.75, 3.05) is 25.6 Å². The third-order valence-corrected chi connectivity index (χ3v) is 2.79. The second kappa shape index (κ2) is 9.25. The highest BCUT2D eigenvalue weighted by molar-refractivity contribution is 5.92. The summed E-state index contributed by atoms with van der Waals surface area (Å²) >= 11 is 0. The maximum Gasteiger partial charge on any atom is 0.272 e. The average molecular weight is 280 g/mol. The first-order valence-corrected chi connectivity index (χ1v) is 7.08. The van der Waals surface area contributed by atoms with Crippen molar-refractivity contribution in [2.24, 2.45) is 0 Å². The fraction of sp³-hybridized carbons (Fsp3) is 0.643. The molecule has 0 fully saturated rings. The standard InChI is InChI=1S/C14H24N4O2/c1-4-6-11(10-20-3)16-14(19)12-7-8-13(18-17-12)15-9-5-2/h7-8,11H,4-6,9-10H2,1-3H3,(H,15,18)(H,16,19). The molecule has 1 amide bonds. The fourth-order valence-electron chi connectivity index (χ4n) is 1.81. The summed E-state index contributed by atoms with van der Waals surface area (Å²) in [6.07, 6.45) is 2.88. The molecule has 112 valence electrons. The van der Waals surface area contributed by atoms with Gasteiger partial charge < -0.3 is 15.4 Å². The molecular weight excluding hydrogens is 256 g/mol. The van der Waals surface area contributed by atoms with Gasteiger partial charge in [0.25, 0.3) is 5.91 Å². The summed E-state index contributed by atoms with van der Waals surface area (Å²) in [5, 5.41) is 14.0. The number of ether oxygens (including phenoxy) is 1. The smallest absolute Gasteiger partial charge is 0.272 e. The van der Waals surface area contributed by atoms with Crippen LogP contribution in [0.2, 0.25) is 0 Å². The molecule has 6 heteroatoms. The third-order valence-electron chi connectivity index (χ3n) is 2.79. The molecule has 0 spiro atoms. The normalized spacial score (nSPS) is 11.9. The molecule has 6 nitrogen and oxygen atoms in total. The van der Waals surface area contributed by atoms with Crippen LogP contribution in [0.4, 0.5) is 5.82 Å². The summed E-state index contributed by atoms with van der Waals surface area (Å²) in [6, 6.07) is 3.45. The van der Waals surface area contributed by atoms with Crippen LogP contribution >= 0.6 is 0 Å². The first-order valence-electron chi connectivity index (χ1n) is 7.08. The Balaban J connectivity index is 2.57. The number of carbonyl (C=O) groups excluding carboxylic acids is 1. The van der Waals surface area contributed by atoms with Crippen molar-refractivity contribution in [3.05, 3.63) is 17.8 Å². The van der Waals surface area contributed by atoms with E-state index in [4.69, 9.17) is 4.74 Å². The van der Waals surface area contributed by atoms with E-state index in [1.165, 1.54) is 0 Å². The van der Waals surface area contributed by atoms with Gasteiger partial charge in [-0.3, -0.25) is 4.79 Å². The number of nitrogens with one attached hydrogen (secondary N) is 2. The van der Waals surface area contributed by atoms with Gasteiger partial charge in [-0.25, -0.2) is 0 Å². The average Bonchev–Trinajstić information content (AvgIpc) is 2.46. The summed E-state index contributed by atoms with van der Waals surface area (Å²) in [5.41, 5.74) is 0.323. The maximum atomic E-state index is 12.0. The highest BCUT2D eigenvalue weighted by Gasteiger charge is 2.14. The molecule has 1 aromatic heterocycles. The van der Waals surface area contributed by atoms with Crippen molar-refractivity contribution in [2.45, 2.75) is 39.2 Å². The van der Waals surface area contributed by atoms with Crippen molar-refractivity contribution in [3.8, 4) is 0 Å². The third kappa shape index (κ3) is 5.52. The van der Waals surface area contributed by atoms with Crippen LogP contribution in [0.15, 0.2) is 12.1 Å². The second-order valence-corrected chi connectivity index (χ2v) is 4.64. The Morgan fingerprint density at radius 1 is 1.30 bits per heavy atom. The van der Waals surface area contributed by atoms with E-state index in [0.717, 1.165) is 25.8 Å². The van der Waals surface area contributed by atoms with Crippen LogP contribution in [0.5, 0.6) is 0 Å². The molecule has 0 saturated heterocycles. The Morgan fingerprint density at radius 3 is 2.65 bits per heavy atom. The van der Waals surface area contributed by atoms with E-state index < -0.39 is 0 Å². The first-order chi connectivity index (χ1) is 9.71. The minimum absolute atomic E-state index is 0.0113. The maximum absolute atomic E-state index is 12.0. The molecule has 20 heavy (non-hydrogen) atoms. The van der Waals surface area contributed by atoms with E-state index in [1.54, 1.807) is 19.2 Å². The highest BCUT2D eigenvalue weighted by Crippen LogP contribution is 2.04. The molecule has 0 aliphatic heterocycles. The van der Waals surface area contributed by atoms with E-state index in [9.17, 15) is 4.79 Å². The van der Waals surface area contributed by atoms with Crippen LogP contribution < -0.4 is 10.6 Å². The predicted molar refractivity (Wildman–Crippen MR) is 78.9 cm³/mol.